The molecule has 1 saturated heterocycles. The van der Waals surface area contributed by atoms with Crippen molar-refractivity contribution in [1.82, 2.24) is 9.55 Å². The van der Waals surface area contributed by atoms with Crippen molar-refractivity contribution in [2.45, 2.75) is 25.9 Å². The highest BCUT2D eigenvalue weighted by molar-refractivity contribution is 6.00. The van der Waals surface area contributed by atoms with Crippen LogP contribution in [-0.4, -0.2) is 34.7 Å². The molecule has 2 aromatic rings. The molecule has 2 heterocycles. The van der Waals surface area contributed by atoms with Crippen LogP contribution in [0.2, 0.25) is 0 Å². The van der Waals surface area contributed by atoms with Gasteiger partial charge in [-0.3, -0.25) is 4.79 Å². The van der Waals surface area contributed by atoms with Crippen LogP contribution in [0.25, 0.3) is 11.0 Å². The van der Waals surface area contributed by atoms with E-state index >= 15 is 0 Å². The van der Waals surface area contributed by atoms with E-state index in [-0.39, 0.29) is 5.91 Å². The number of anilines is 2. The third-order valence-corrected chi connectivity index (χ3v) is 4.29. The summed E-state index contributed by atoms with van der Waals surface area (Å²) in [6, 6.07) is 3.84. The molecule has 5 nitrogen and oxygen atoms in total. The minimum Gasteiger partial charge on any atom is -0.339 e. The van der Waals surface area contributed by atoms with Crippen molar-refractivity contribution < 1.29 is 9.18 Å². The quantitative estimate of drug-likeness (QED) is 0.886. The maximum absolute atomic E-state index is 13.7. The molecule has 122 valence electrons. The molecule has 0 aliphatic carbocycles. The molecule has 0 saturated carbocycles. The zero-order valence-electron chi connectivity index (χ0n) is 13.5. The van der Waals surface area contributed by atoms with Gasteiger partial charge in [0.15, 0.2) is 0 Å². The van der Waals surface area contributed by atoms with Crippen molar-refractivity contribution in [3.63, 3.8) is 0 Å². The number of piperidine rings is 1. The van der Waals surface area contributed by atoms with Crippen LogP contribution >= 0.6 is 0 Å². The molecule has 6 heteroatoms. The van der Waals surface area contributed by atoms with Crippen molar-refractivity contribution >= 4 is 28.6 Å². The van der Waals surface area contributed by atoms with Gasteiger partial charge in [-0.25, -0.2) is 9.37 Å². The number of hydrogen-bond acceptors (Lipinski definition) is 3. The first-order valence-electron chi connectivity index (χ1n) is 7.79. The Balaban J connectivity index is 2.00. The summed E-state index contributed by atoms with van der Waals surface area (Å²) >= 11 is 0. The van der Waals surface area contributed by atoms with E-state index in [1.165, 1.54) is 6.08 Å². The Labute approximate surface area is 134 Å². The standard InChI is InChI=1S/C17H21FN4O/c1-4-16(23)19-13-9-14-15(8-11(13)2)21(3)17(20-14)22-7-5-6-12(18)10-22/h4,8-9,12H,1,5-7,10H2,2-3H3,(H,19,23)/t12-/m1/s1. The van der Waals surface area contributed by atoms with Crippen LogP contribution < -0.4 is 10.2 Å². The largest absolute Gasteiger partial charge is 0.339 e. The molecule has 1 aromatic carbocycles. The molecule has 0 spiro atoms. The third kappa shape index (κ3) is 2.93. The van der Waals surface area contributed by atoms with Crippen LogP contribution in [0, 0.1) is 6.92 Å². The predicted octanol–water partition coefficient (Wildman–Crippen LogP) is 2.94. The van der Waals surface area contributed by atoms with Crippen molar-refractivity contribution in [2.75, 3.05) is 23.3 Å². The Morgan fingerprint density at radius 2 is 2.30 bits per heavy atom. The lowest BCUT2D eigenvalue weighted by atomic mass is 10.1. The van der Waals surface area contributed by atoms with E-state index in [9.17, 15) is 9.18 Å². The van der Waals surface area contributed by atoms with Gasteiger partial charge < -0.3 is 14.8 Å². The van der Waals surface area contributed by atoms with Crippen LogP contribution in [0.15, 0.2) is 24.8 Å². The number of carbonyl (C=O) groups is 1. The molecule has 1 aliphatic heterocycles. The Kier molecular flexibility index (Phi) is 4.07. The molecule has 0 radical (unpaired) electrons. The molecular weight excluding hydrogens is 295 g/mol. The van der Waals surface area contributed by atoms with E-state index in [0.29, 0.717) is 18.7 Å². The van der Waals surface area contributed by atoms with Gasteiger partial charge >= 0.3 is 0 Å². The van der Waals surface area contributed by atoms with E-state index in [1.54, 1.807) is 0 Å². The Hall–Kier alpha value is -2.37. The maximum atomic E-state index is 13.7. The molecule has 0 bridgehead atoms. The first-order valence-corrected chi connectivity index (χ1v) is 7.79. The normalized spacial score (nSPS) is 18.2. The van der Waals surface area contributed by atoms with Crippen molar-refractivity contribution in [3.8, 4) is 0 Å². The number of nitrogens with one attached hydrogen (secondary N) is 1. The van der Waals surface area contributed by atoms with Gasteiger partial charge in [0.1, 0.15) is 6.17 Å². The lowest BCUT2D eigenvalue weighted by Gasteiger charge is -2.29. The van der Waals surface area contributed by atoms with E-state index in [1.807, 2.05) is 35.6 Å². The second-order valence-electron chi connectivity index (χ2n) is 6.01. The Bertz CT molecular complexity index is 768. The molecule has 3 rings (SSSR count). The number of carbonyl (C=O) groups excluding carboxylic acids is 1. The van der Waals surface area contributed by atoms with Gasteiger partial charge in [0.05, 0.1) is 17.6 Å². The van der Waals surface area contributed by atoms with E-state index in [0.717, 1.165) is 35.5 Å². The van der Waals surface area contributed by atoms with Crippen LogP contribution in [-0.2, 0) is 11.8 Å². The highest BCUT2D eigenvalue weighted by Gasteiger charge is 2.23. The van der Waals surface area contributed by atoms with Crippen LogP contribution in [0.1, 0.15) is 18.4 Å². The fourth-order valence-electron chi connectivity index (χ4n) is 3.04. The van der Waals surface area contributed by atoms with Gasteiger partial charge in [-0.1, -0.05) is 6.58 Å². The number of alkyl halides is 1. The monoisotopic (exact) mass is 316 g/mol. The molecule has 1 aromatic heterocycles. The van der Waals surface area contributed by atoms with Gasteiger partial charge in [0.25, 0.3) is 0 Å². The second kappa shape index (κ2) is 6.02. The van der Waals surface area contributed by atoms with Crippen molar-refractivity contribution in [3.05, 3.63) is 30.4 Å². The SMILES string of the molecule is C=CC(=O)Nc1cc2nc(N3CCC[C@@H](F)C3)n(C)c2cc1C. The number of hydrogen-bond donors (Lipinski definition) is 1. The zero-order valence-corrected chi connectivity index (χ0v) is 13.5. The summed E-state index contributed by atoms with van der Waals surface area (Å²) in [5.74, 6) is 0.522. The van der Waals surface area contributed by atoms with Gasteiger partial charge in [-0.05, 0) is 43.5 Å². The summed E-state index contributed by atoms with van der Waals surface area (Å²) in [6.45, 7) is 6.60. The maximum Gasteiger partial charge on any atom is 0.247 e. The number of nitrogens with zero attached hydrogens (tertiary/aromatic N) is 3. The summed E-state index contributed by atoms with van der Waals surface area (Å²) in [5, 5.41) is 2.79. The number of imidazole rings is 1. The number of benzene rings is 1. The number of fused-ring (bicyclic) bond motifs is 1. The topological polar surface area (TPSA) is 50.2 Å². The van der Waals surface area contributed by atoms with E-state index in [2.05, 4.69) is 16.9 Å². The Morgan fingerprint density at radius 3 is 3.00 bits per heavy atom. The first-order chi connectivity index (χ1) is 11.0. The van der Waals surface area contributed by atoms with Crippen LogP contribution in [0.5, 0.6) is 0 Å². The molecule has 1 amide bonds. The molecular formula is C17H21FN4O. The molecule has 23 heavy (non-hydrogen) atoms. The van der Waals surface area contributed by atoms with E-state index < -0.39 is 6.17 Å². The van der Waals surface area contributed by atoms with E-state index in [4.69, 9.17) is 0 Å². The van der Waals surface area contributed by atoms with Gasteiger partial charge in [-0.15, -0.1) is 0 Å². The number of halogens is 1. The molecule has 1 aliphatic rings. The lowest BCUT2D eigenvalue weighted by Crippen LogP contribution is -2.37. The summed E-state index contributed by atoms with van der Waals surface area (Å²) in [4.78, 5) is 18.2. The smallest absolute Gasteiger partial charge is 0.247 e. The number of rotatable bonds is 3. The Morgan fingerprint density at radius 1 is 1.52 bits per heavy atom. The molecule has 1 fully saturated rings. The minimum atomic E-state index is -0.798. The van der Waals surface area contributed by atoms with Crippen molar-refractivity contribution in [2.24, 2.45) is 7.05 Å². The zero-order chi connectivity index (χ0) is 16.6. The predicted molar refractivity (Wildman–Crippen MR) is 90.6 cm³/mol. The summed E-state index contributed by atoms with van der Waals surface area (Å²) in [5.41, 5.74) is 3.42. The molecule has 1 N–H and O–H groups in total. The molecule has 1 atom stereocenters. The van der Waals surface area contributed by atoms with Crippen LogP contribution in [0.4, 0.5) is 16.0 Å². The average molecular weight is 316 g/mol. The summed E-state index contributed by atoms with van der Waals surface area (Å²) < 4.78 is 15.7. The second-order valence-corrected chi connectivity index (χ2v) is 6.01. The lowest BCUT2D eigenvalue weighted by molar-refractivity contribution is -0.111. The average Bonchev–Trinajstić information content (AvgIpc) is 2.84. The van der Waals surface area contributed by atoms with Gasteiger partial charge in [0, 0.05) is 19.3 Å². The van der Waals surface area contributed by atoms with Crippen molar-refractivity contribution in [1.29, 1.82) is 0 Å². The van der Waals surface area contributed by atoms with Gasteiger partial charge in [0.2, 0.25) is 11.9 Å². The summed E-state index contributed by atoms with van der Waals surface area (Å²) in [6.07, 6.45) is 1.90. The fourth-order valence-corrected chi connectivity index (χ4v) is 3.04. The third-order valence-electron chi connectivity index (χ3n) is 4.29. The molecule has 0 unspecified atom stereocenters. The van der Waals surface area contributed by atoms with Gasteiger partial charge in [-0.2, -0.15) is 0 Å². The number of aryl methyl sites for hydroxylation is 2. The number of amides is 1. The number of aromatic nitrogens is 2. The minimum absolute atomic E-state index is 0.250. The highest BCUT2D eigenvalue weighted by Crippen LogP contribution is 2.28. The van der Waals surface area contributed by atoms with Crippen LogP contribution in [0.3, 0.4) is 0 Å². The fraction of sp³-hybridized carbons (Fsp3) is 0.412. The highest BCUT2D eigenvalue weighted by atomic mass is 19.1. The summed E-state index contributed by atoms with van der Waals surface area (Å²) in [7, 11) is 1.94. The first kappa shape index (κ1) is 15.5.